The third-order valence-corrected chi connectivity index (χ3v) is 8.55. The monoisotopic (exact) mass is 301 g/mol. The van der Waals surface area contributed by atoms with E-state index in [2.05, 4.69) is 33.9 Å². The molecule has 0 spiro atoms. The van der Waals surface area contributed by atoms with Gasteiger partial charge in [-0.15, -0.1) is 0 Å². The Morgan fingerprint density at radius 2 is 1.65 bits per heavy atom. The highest BCUT2D eigenvalue weighted by Gasteiger charge is 2.36. The van der Waals surface area contributed by atoms with E-state index in [9.17, 15) is 8.78 Å². The fourth-order valence-electron chi connectivity index (χ4n) is 1.61. The number of nitrogens with two attached hydrogens (primary N) is 1. The summed E-state index contributed by atoms with van der Waals surface area (Å²) in [6.45, 7) is 11.3. The first kappa shape index (κ1) is 17.3. The average Bonchev–Trinajstić information content (AvgIpc) is 2.25. The van der Waals surface area contributed by atoms with E-state index < -0.39 is 26.0 Å². The highest BCUT2D eigenvalue weighted by molar-refractivity contribution is 6.74. The second-order valence-electron chi connectivity index (χ2n) is 6.71. The molecule has 5 heteroatoms. The molecule has 1 rings (SSSR count). The summed E-state index contributed by atoms with van der Waals surface area (Å²) in [5.74, 6) is -1.19. The molecule has 0 amide bonds. The predicted molar refractivity (Wildman–Crippen MR) is 81.1 cm³/mol. The lowest BCUT2D eigenvalue weighted by Crippen LogP contribution is -2.41. The van der Waals surface area contributed by atoms with Crippen LogP contribution in [-0.2, 0) is 4.43 Å². The highest BCUT2D eigenvalue weighted by atomic mass is 28.4. The van der Waals surface area contributed by atoms with Gasteiger partial charge >= 0.3 is 0 Å². The summed E-state index contributed by atoms with van der Waals surface area (Å²) in [6, 6.07) is 2.99. The van der Waals surface area contributed by atoms with Crippen molar-refractivity contribution in [2.45, 2.75) is 51.4 Å². The van der Waals surface area contributed by atoms with Crippen molar-refractivity contribution < 1.29 is 13.2 Å². The zero-order chi connectivity index (χ0) is 15.6. The Morgan fingerprint density at radius 1 is 1.15 bits per heavy atom. The Hall–Kier alpha value is -0.783. The lowest BCUT2D eigenvalue weighted by Gasteiger charge is -2.36. The highest BCUT2D eigenvalue weighted by Crippen LogP contribution is 2.36. The van der Waals surface area contributed by atoms with Crippen LogP contribution in [0.3, 0.4) is 0 Å². The molecule has 0 radical (unpaired) electrons. The van der Waals surface area contributed by atoms with E-state index in [4.69, 9.17) is 10.2 Å². The minimum Gasteiger partial charge on any atom is -0.417 e. The van der Waals surface area contributed by atoms with Gasteiger partial charge in [0.15, 0.2) is 8.32 Å². The van der Waals surface area contributed by atoms with Crippen LogP contribution < -0.4 is 5.73 Å². The molecule has 0 aliphatic rings. The molecule has 0 aliphatic carbocycles. The van der Waals surface area contributed by atoms with E-state index in [1.54, 1.807) is 0 Å². The minimum absolute atomic E-state index is 0.141. The Bertz CT molecular complexity index is 437. The molecule has 0 saturated heterocycles. The lowest BCUT2D eigenvalue weighted by molar-refractivity contribution is 0.272. The van der Waals surface area contributed by atoms with Crippen LogP contribution >= 0.6 is 0 Å². The van der Waals surface area contributed by atoms with E-state index in [1.165, 1.54) is 12.1 Å². The van der Waals surface area contributed by atoms with Crippen molar-refractivity contribution in [3.05, 3.63) is 35.4 Å². The van der Waals surface area contributed by atoms with Crippen molar-refractivity contribution in [1.82, 2.24) is 0 Å². The van der Waals surface area contributed by atoms with Gasteiger partial charge in [-0.1, -0.05) is 20.8 Å². The first-order valence-corrected chi connectivity index (χ1v) is 9.79. The molecule has 0 saturated carbocycles. The number of benzene rings is 1. The van der Waals surface area contributed by atoms with Gasteiger partial charge in [-0.25, -0.2) is 8.78 Å². The summed E-state index contributed by atoms with van der Waals surface area (Å²) in [5.41, 5.74) is 6.45. The quantitative estimate of drug-likeness (QED) is 0.819. The molecule has 0 aliphatic heterocycles. The molecule has 0 aromatic heterocycles. The molecule has 0 heterocycles. The Balaban J connectivity index is 2.58. The summed E-state index contributed by atoms with van der Waals surface area (Å²) in [5, 5.41) is 0.141. The van der Waals surface area contributed by atoms with Gasteiger partial charge in [0, 0.05) is 18.7 Å². The molecule has 0 fully saturated rings. The molecule has 1 aromatic rings. The van der Waals surface area contributed by atoms with Crippen molar-refractivity contribution >= 4 is 8.32 Å². The molecule has 1 aromatic carbocycles. The van der Waals surface area contributed by atoms with Gasteiger partial charge < -0.3 is 10.2 Å². The second-order valence-corrected chi connectivity index (χ2v) is 11.5. The summed E-state index contributed by atoms with van der Waals surface area (Å²) in [4.78, 5) is 0. The molecule has 0 bridgehead atoms. The number of halogens is 2. The summed E-state index contributed by atoms with van der Waals surface area (Å²) in [7, 11) is -1.80. The molecule has 2 nitrogen and oxygen atoms in total. The van der Waals surface area contributed by atoms with Crippen LogP contribution in [0.15, 0.2) is 18.2 Å². The fourth-order valence-corrected chi connectivity index (χ4v) is 2.67. The SMILES string of the molecule is CC(C)(C)[Si](C)(C)OCCC(N)c1cc(F)cc(F)c1. The molecular weight excluding hydrogens is 276 g/mol. The number of rotatable bonds is 5. The lowest BCUT2D eigenvalue weighted by atomic mass is 10.1. The zero-order valence-electron chi connectivity index (χ0n) is 13.0. The standard InChI is InChI=1S/C15H25F2NOSi/c1-15(2,3)20(4,5)19-7-6-14(18)11-8-12(16)10-13(17)9-11/h8-10,14H,6-7,18H2,1-5H3. The van der Waals surface area contributed by atoms with Crippen molar-refractivity contribution in [2.75, 3.05) is 6.61 Å². The van der Waals surface area contributed by atoms with Crippen molar-refractivity contribution in [1.29, 1.82) is 0 Å². The number of hydrogen-bond acceptors (Lipinski definition) is 2. The van der Waals surface area contributed by atoms with Crippen LogP contribution in [0.5, 0.6) is 0 Å². The van der Waals surface area contributed by atoms with Crippen molar-refractivity contribution in [3.8, 4) is 0 Å². The van der Waals surface area contributed by atoms with Crippen LogP contribution in [0.25, 0.3) is 0 Å². The maximum absolute atomic E-state index is 13.1. The number of hydrogen-bond donors (Lipinski definition) is 1. The van der Waals surface area contributed by atoms with Crippen LogP contribution in [0, 0.1) is 11.6 Å². The van der Waals surface area contributed by atoms with Gasteiger partial charge in [0.1, 0.15) is 11.6 Å². The van der Waals surface area contributed by atoms with E-state index in [0.717, 1.165) is 6.07 Å². The normalized spacial score (nSPS) is 14.4. The summed E-state index contributed by atoms with van der Waals surface area (Å²) < 4.78 is 32.3. The van der Waals surface area contributed by atoms with E-state index in [0.29, 0.717) is 18.6 Å². The topological polar surface area (TPSA) is 35.2 Å². The maximum atomic E-state index is 13.1. The van der Waals surface area contributed by atoms with Gasteiger partial charge in [-0.3, -0.25) is 0 Å². The van der Waals surface area contributed by atoms with Crippen molar-refractivity contribution in [3.63, 3.8) is 0 Å². The molecular formula is C15H25F2NOSi. The smallest absolute Gasteiger partial charge is 0.191 e. The van der Waals surface area contributed by atoms with E-state index in [-0.39, 0.29) is 5.04 Å². The first-order valence-electron chi connectivity index (χ1n) is 6.88. The first-order chi connectivity index (χ1) is 9.03. The van der Waals surface area contributed by atoms with E-state index in [1.807, 2.05) is 0 Å². The van der Waals surface area contributed by atoms with Crippen LogP contribution in [-0.4, -0.2) is 14.9 Å². The van der Waals surface area contributed by atoms with Gasteiger partial charge in [-0.2, -0.15) is 0 Å². The third kappa shape index (κ3) is 4.65. The van der Waals surface area contributed by atoms with Crippen LogP contribution in [0.1, 0.15) is 38.8 Å². The van der Waals surface area contributed by atoms with Gasteiger partial charge in [-0.05, 0) is 42.2 Å². The molecule has 2 N–H and O–H groups in total. The summed E-state index contributed by atoms with van der Waals surface area (Å²) >= 11 is 0. The molecule has 1 unspecified atom stereocenters. The molecule has 20 heavy (non-hydrogen) atoms. The Morgan fingerprint density at radius 3 is 2.10 bits per heavy atom. The van der Waals surface area contributed by atoms with Crippen LogP contribution in [0.2, 0.25) is 18.1 Å². The minimum atomic E-state index is -1.80. The fraction of sp³-hybridized carbons (Fsp3) is 0.600. The van der Waals surface area contributed by atoms with Crippen LogP contribution in [0.4, 0.5) is 8.78 Å². The molecule has 1 atom stereocenters. The average molecular weight is 301 g/mol. The second kappa shape index (κ2) is 6.33. The van der Waals surface area contributed by atoms with Gasteiger partial charge in [0.2, 0.25) is 0 Å². The van der Waals surface area contributed by atoms with Crippen molar-refractivity contribution in [2.24, 2.45) is 5.73 Å². The van der Waals surface area contributed by atoms with Gasteiger partial charge in [0.05, 0.1) is 0 Å². The molecule has 114 valence electrons. The third-order valence-electron chi connectivity index (χ3n) is 4.01. The zero-order valence-corrected chi connectivity index (χ0v) is 14.0. The summed E-state index contributed by atoms with van der Waals surface area (Å²) in [6.07, 6.45) is 0.551. The largest absolute Gasteiger partial charge is 0.417 e. The van der Waals surface area contributed by atoms with E-state index >= 15 is 0 Å². The Kier molecular flexibility index (Phi) is 5.46. The van der Waals surface area contributed by atoms with Gasteiger partial charge in [0.25, 0.3) is 0 Å². The predicted octanol–water partition coefficient (Wildman–Crippen LogP) is 4.38. The maximum Gasteiger partial charge on any atom is 0.191 e. The Labute approximate surface area is 121 Å².